The summed E-state index contributed by atoms with van der Waals surface area (Å²) in [6.07, 6.45) is 34.6. The van der Waals surface area contributed by atoms with Crippen molar-refractivity contribution >= 4 is 0 Å². The summed E-state index contributed by atoms with van der Waals surface area (Å²) in [6.45, 7) is 4.99. The zero-order valence-electron chi connectivity index (χ0n) is 21.6. The molecule has 0 heterocycles. The highest BCUT2D eigenvalue weighted by molar-refractivity contribution is 5.66. The zero-order valence-corrected chi connectivity index (χ0v) is 21.6. The van der Waals surface area contributed by atoms with Crippen LogP contribution in [-0.4, -0.2) is 0 Å². The maximum absolute atomic E-state index is 2.63. The highest BCUT2D eigenvalue weighted by Crippen LogP contribution is 2.56. The van der Waals surface area contributed by atoms with Gasteiger partial charge in [-0.15, -0.1) is 0 Å². The molecule has 7 aliphatic carbocycles. The normalized spacial score (nSPS) is 27.1. The lowest BCUT2D eigenvalue weighted by Gasteiger charge is -2.30. The van der Waals surface area contributed by atoms with Gasteiger partial charge in [-0.25, -0.2) is 0 Å². The third-order valence-corrected chi connectivity index (χ3v) is 9.76. The van der Waals surface area contributed by atoms with Crippen LogP contribution in [0.25, 0.3) is 0 Å². The minimum absolute atomic E-state index is 0.127. The predicted octanol–water partition coefficient (Wildman–Crippen LogP) is 9.79. The largest absolute Gasteiger partial charge is 0.0839 e. The molecule has 178 valence electrons. The van der Waals surface area contributed by atoms with Gasteiger partial charge in [0.05, 0.1) is 0 Å². The van der Waals surface area contributed by atoms with Crippen LogP contribution in [0.5, 0.6) is 0 Å². The average Bonchev–Trinajstić information content (AvgIpc) is 3.13. The van der Waals surface area contributed by atoms with Gasteiger partial charge in [0.15, 0.2) is 0 Å². The summed E-state index contributed by atoms with van der Waals surface area (Å²) in [5.41, 5.74) is 19.7. The molecule has 0 saturated carbocycles. The third kappa shape index (κ3) is 3.55. The Morgan fingerprint density at radius 3 is 1.37 bits per heavy atom. The van der Waals surface area contributed by atoms with E-state index in [0.29, 0.717) is 0 Å². The molecule has 0 nitrogen and oxygen atoms in total. The van der Waals surface area contributed by atoms with Crippen molar-refractivity contribution in [2.45, 2.75) is 90.9 Å². The van der Waals surface area contributed by atoms with Crippen molar-refractivity contribution in [3.05, 3.63) is 115 Å². The molecule has 0 atom stereocenters. The number of allylic oxidation sites excluding steroid dienone is 20. The van der Waals surface area contributed by atoms with Crippen molar-refractivity contribution in [3.8, 4) is 0 Å². The fourth-order valence-electron chi connectivity index (χ4n) is 7.74. The Hall–Kier alpha value is -2.60. The van der Waals surface area contributed by atoms with Crippen LogP contribution in [-0.2, 0) is 0 Å². The van der Waals surface area contributed by atoms with Gasteiger partial charge in [-0.2, -0.15) is 0 Å². The summed E-state index contributed by atoms with van der Waals surface area (Å²) in [7, 11) is 0. The van der Waals surface area contributed by atoms with Gasteiger partial charge in [0, 0.05) is 5.41 Å². The van der Waals surface area contributed by atoms with Crippen molar-refractivity contribution in [2.75, 3.05) is 0 Å². The molecule has 0 saturated heterocycles. The summed E-state index contributed by atoms with van der Waals surface area (Å²) in [5, 5.41) is 0. The molecular formula is C35H38. The predicted molar refractivity (Wildman–Crippen MR) is 148 cm³/mol. The maximum atomic E-state index is 2.63. The summed E-state index contributed by atoms with van der Waals surface area (Å²) >= 11 is 0. The van der Waals surface area contributed by atoms with Crippen LogP contribution in [0, 0.1) is 5.41 Å². The first-order valence-electron chi connectivity index (χ1n) is 14.2. The van der Waals surface area contributed by atoms with Crippen LogP contribution in [0.4, 0.5) is 0 Å². The summed E-state index contributed by atoms with van der Waals surface area (Å²) in [4.78, 5) is 0. The lowest BCUT2D eigenvalue weighted by Crippen LogP contribution is -2.16. The van der Waals surface area contributed by atoms with Gasteiger partial charge in [-0.3, -0.25) is 0 Å². The third-order valence-electron chi connectivity index (χ3n) is 9.76. The van der Waals surface area contributed by atoms with E-state index in [0.717, 1.165) is 0 Å². The molecule has 0 bridgehead atoms. The highest BCUT2D eigenvalue weighted by Gasteiger charge is 2.41. The van der Waals surface area contributed by atoms with Gasteiger partial charge < -0.3 is 0 Å². The van der Waals surface area contributed by atoms with Crippen molar-refractivity contribution in [3.63, 3.8) is 0 Å². The minimum atomic E-state index is 0.127. The Morgan fingerprint density at radius 2 is 0.886 bits per heavy atom. The van der Waals surface area contributed by atoms with Crippen LogP contribution < -0.4 is 0 Å². The first kappa shape index (κ1) is 21.7. The molecule has 0 unspecified atom stereocenters. The van der Waals surface area contributed by atoms with E-state index >= 15 is 0 Å². The molecule has 0 heteroatoms. The second kappa shape index (κ2) is 8.22. The van der Waals surface area contributed by atoms with E-state index in [1.54, 1.807) is 66.9 Å². The summed E-state index contributed by atoms with van der Waals surface area (Å²) in [5.74, 6) is 0. The highest BCUT2D eigenvalue weighted by atomic mass is 14.4. The Bertz CT molecular complexity index is 1220. The lowest BCUT2D eigenvalue weighted by atomic mass is 9.74. The van der Waals surface area contributed by atoms with E-state index < -0.39 is 0 Å². The first-order valence-corrected chi connectivity index (χ1v) is 14.2. The number of rotatable bonds is 2. The van der Waals surface area contributed by atoms with Gasteiger partial charge in [-0.1, -0.05) is 62.5 Å². The van der Waals surface area contributed by atoms with Crippen molar-refractivity contribution in [1.29, 1.82) is 0 Å². The van der Waals surface area contributed by atoms with E-state index in [4.69, 9.17) is 0 Å². The molecule has 0 spiro atoms. The van der Waals surface area contributed by atoms with E-state index in [1.807, 2.05) is 0 Å². The topological polar surface area (TPSA) is 0 Å². The Balaban J connectivity index is 1.20. The summed E-state index contributed by atoms with van der Waals surface area (Å²) < 4.78 is 0. The number of fused-ring (bicyclic) bond motifs is 1. The maximum Gasteiger partial charge on any atom is 0.0152 e. The molecular weight excluding hydrogens is 420 g/mol. The second-order valence-corrected chi connectivity index (χ2v) is 12.1. The first-order chi connectivity index (χ1) is 17.1. The Kier molecular flexibility index (Phi) is 5.09. The summed E-state index contributed by atoms with van der Waals surface area (Å²) in [6, 6.07) is 0. The van der Waals surface area contributed by atoms with Crippen LogP contribution in [0.2, 0.25) is 0 Å². The molecule has 0 aliphatic heterocycles. The molecule has 0 amide bonds. The van der Waals surface area contributed by atoms with Gasteiger partial charge in [0.1, 0.15) is 0 Å². The Morgan fingerprint density at radius 1 is 0.457 bits per heavy atom. The van der Waals surface area contributed by atoms with E-state index in [9.17, 15) is 0 Å². The van der Waals surface area contributed by atoms with Gasteiger partial charge >= 0.3 is 0 Å². The van der Waals surface area contributed by atoms with Crippen molar-refractivity contribution in [2.24, 2.45) is 5.41 Å². The van der Waals surface area contributed by atoms with Crippen molar-refractivity contribution in [1.82, 2.24) is 0 Å². The molecule has 35 heavy (non-hydrogen) atoms. The quantitative estimate of drug-likeness (QED) is 0.386. The molecule has 7 rings (SSSR count). The standard InChI is InChI=1S/C35H38/c1-35(2)33-21-29(27-13-11-23-7-3-5-9-25(23)19-27)15-17-31(33)32-18-16-30(22-34(32)35)28-14-12-24-8-4-6-10-26(24)20-28/h3-4,7-8,19-22H,5-6,9-18H2,1-2H3. The van der Waals surface area contributed by atoms with Crippen LogP contribution in [0.3, 0.4) is 0 Å². The second-order valence-electron chi connectivity index (χ2n) is 12.1. The molecule has 0 aromatic carbocycles. The van der Waals surface area contributed by atoms with Crippen LogP contribution in [0.15, 0.2) is 115 Å². The molecule has 0 aromatic heterocycles. The van der Waals surface area contributed by atoms with Crippen LogP contribution >= 0.6 is 0 Å². The van der Waals surface area contributed by atoms with E-state index in [-0.39, 0.29) is 5.41 Å². The van der Waals surface area contributed by atoms with Crippen LogP contribution in [0.1, 0.15) is 90.9 Å². The molecule has 0 fully saturated rings. The Labute approximate surface area is 211 Å². The number of hydrogen-bond acceptors (Lipinski definition) is 0. The fourth-order valence-corrected chi connectivity index (χ4v) is 7.74. The lowest BCUT2D eigenvalue weighted by molar-refractivity contribution is 0.565. The van der Waals surface area contributed by atoms with Gasteiger partial charge in [0.25, 0.3) is 0 Å². The minimum Gasteiger partial charge on any atom is -0.0839 e. The van der Waals surface area contributed by atoms with E-state index in [2.05, 4.69) is 62.5 Å². The molecule has 7 aliphatic rings. The van der Waals surface area contributed by atoms with E-state index in [1.165, 1.54) is 77.0 Å². The zero-order chi connectivity index (χ0) is 23.6. The smallest absolute Gasteiger partial charge is 0.0152 e. The van der Waals surface area contributed by atoms with Gasteiger partial charge in [-0.05, 0) is 144 Å². The SMILES string of the molecule is CC1(C)C2=C(CCC(C3=CC4=C(C=CCC4)CC3)=C2)C2=C1C=C(C1=CC3=C(C=CCC3)CC1)CC2. The molecule has 0 N–H and O–H groups in total. The fraction of sp³-hybridized carbons (Fsp3) is 0.429. The van der Waals surface area contributed by atoms with Crippen molar-refractivity contribution < 1.29 is 0 Å². The number of hydrogen-bond donors (Lipinski definition) is 0. The average molecular weight is 459 g/mol. The molecule has 0 radical (unpaired) electrons. The monoisotopic (exact) mass is 458 g/mol. The molecule has 0 aromatic rings. The van der Waals surface area contributed by atoms with Gasteiger partial charge in [0.2, 0.25) is 0 Å².